The Morgan fingerprint density at radius 3 is 1.58 bits per heavy atom. The summed E-state index contributed by atoms with van der Waals surface area (Å²) in [4.78, 5) is 33.9. The van der Waals surface area contributed by atoms with Gasteiger partial charge in [0.15, 0.2) is 0 Å². The lowest BCUT2D eigenvalue weighted by Gasteiger charge is -2.41. The molecule has 1 rings (SSSR count). The molecule has 1 saturated carbocycles. The van der Waals surface area contributed by atoms with Crippen molar-refractivity contribution in [2.75, 3.05) is 12.4 Å². The molecule has 1 aliphatic carbocycles. The molecule has 14 heteroatoms. The summed E-state index contributed by atoms with van der Waals surface area (Å²) in [6.07, 6.45) is 5.77. The van der Waals surface area contributed by atoms with Crippen molar-refractivity contribution in [1.29, 1.82) is 0 Å². The molecule has 0 aromatic rings. The van der Waals surface area contributed by atoms with Crippen LogP contribution in [0.15, 0.2) is 0 Å². The number of aliphatic hydroxyl groups is 5. The van der Waals surface area contributed by atoms with E-state index in [4.69, 9.17) is 14.0 Å². The molecule has 0 bridgehead atoms. The van der Waals surface area contributed by atoms with E-state index in [1.807, 2.05) is 0 Å². The lowest BCUT2D eigenvalue weighted by Crippen LogP contribution is -2.64. The minimum Gasteiger partial charge on any atom is -0.462 e. The standard InChI is InChI=1S/C29H55O12PS/c1-3-4-5-6-7-8-9-10-11-12-13-14-15-16-17-18-23(31)39-19-22(40-21(2)30)20-43-42(37,38)41-29-27(35)25(33)24(32)26(34)28(29)36/h22,24-29,32-36H,3-20H2,1-2H3,(H,37,38)/t22?,24?,25-,26+,27-,28-,29?/m0/s1. The molecule has 254 valence electrons. The minimum atomic E-state index is -4.64. The highest BCUT2D eigenvalue weighted by molar-refractivity contribution is 8.54. The number of carbonyl (C=O) groups excluding carboxylic acids is 2. The molecule has 0 aromatic carbocycles. The van der Waals surface area contributed by atoms with E-state index in [9.17, 15) is 44.6 Å². The number of carbonyl (C=O) groups is 2. The van der Waals surface area contributed by atoms with Crippen molar-refractivity contribution < 1.29 is 58.6 Å². The summed E-state index contributed by atoms with van der Waals surface area (Å²) in [5, 5.41) is 49.3. The number of ether oxygens (including phenoxy) is 2. The van der Waals surface area contributed by atoms with Crippen molar-refractivity contribution in [2.45, 2.75) is 159 Å². The van der Waals surface area contributed by atoms with Gasteiger partial charge in [0.25, 0.3) is 0 Å². The van der Waals surface area contributed by atoms with Crippen LogP contribution in [0.1, 0.15) is 117 Å². The van der Waals surface area contributed by atoms with Gasteiger partial charge >= 0.3 is 18.7 Å². The minimum absolute atomic E-state index is 0.202. The molecule has 0 spiro atoms. The van der Waals surface area contributed by atoms with Gasteiger partial charge in [-0.3, -0.25) is 14.1 Å². The molecule has 8 atom stereocenters. The van der Waals surface area contributed by atoms with Gasteiger partial charge in [-0.2, -0.15) is 0 Å². The number of aliphatic hydroxyl groups excluding tert-OH is 5. The zero-order valence-corrected chi connectivity index (χ0v) is 27.5. The highest BCUT2D eigenvalue weighted by Crippen LogP contribution is 2.58. The molecule has 43 heavy (non-hydrogen) atoms. The number of hydrogen-bond donors (Lipinski definition) is 6. The molecule has 0 aliphatic heterocycles. The normalized spacial score (nSPS) is 26.0. The van der Waals surface area contributed by atoms with Crippen molar-refractivity contribution in [3.05, 3.63) is 0 Å². The van der Waals surface area contributed by atoms with Gasteiger partial charge in [0, 0.05) is 19.1 Å². The third kappa shape index (κ3) is 17.5. The van der Waals surface area contributed by atoms with Gasteiger partial charge in [-0.05, 0) is 17.8 Å². The smallest absolute Gasteiger partial charge is 0.387 e. The molecule has 4 unspecified atom stereocenters. The summed E-state index contributed by atoms with van der Waals surface area (Å²) in [7, 11) is 0. The van der Waals surface area contributed by atoms with E-state index in [2.05, 4.69) is 6.92 Å². The third-order valence-electron chi connectivity index (χ3n) is 7.50. The van der Waals surface area contributed by atoms with Crippen LogP contribution < -0.4 is 0 Å². The van der Waals surface area contributed by atoms with Crippen LogP contribution in [0.3, 0.4) is 0 Å². The first kappa shape index (κ1) is 40.3. The zero-order chi connectivity index (χ0) is 32.3. The maximum absolute atomic E-state index is 12.6. The van der Waals surface area contributed by atoms with E-state index in [-0.39, 0.29) is 18.8 Å². The Morgan fingerprint density at radius 2 is 1.14 bits per heavy atom. The fourth-order valence-electron chi connectivity index (χ4n) is 4.93. The fourth-order valence-corrected chi connectivity index (χ4v) is 7.61. The van der Waals surface area contributed by atoms with Crippen LogP contribution in [0.25, 0.3) is 0 Å². The first-order chi connectivity index (χ1) is 20.4. The van der Waals surface area contributed by atoms with Crippen LogP contribution in [0, 0.1) is 0 Å². The average molecular weight is 659 g/mol. The molecule has 12 nitrogen and oxygen atoms in total. The van der Waals surface area contributed by atoms with Crippen LogP contribution in [0.5, 0.6) is 0 Å². The first-order valence-corrected chi connectivity index (χ1v) is 18.9. The van der Waals surface area contributed by atoms with Gasteiger partial charge in [-0.25, -0.2) is 4.57 Å². The summed E-state index contributed by atoms with van der Waals surface area (Å²) in [5.74, 6) is -1.50. The van der Waals surface area contributed by atoms with Gasteiger partial charge in [0.2, 0.25) is 0 Å². The van der Waals surface area contributed by atoms with E-state index >= 15 is 0 Å². The predicted octanol–water partition coefficient (Wildman–Crippen LogP) is 3.76. The van der Waals surface area contributed by atoms with Crippen molar-refractivity contribution in [1.82, 2.24) is 0 Å². The Bertz CT molecular complexity index is 802. The Hall–Kier alpha value is -0.760. The maximum atomic E-state index is 12.6. The number of unbranched alkanes of at least 4 members (excludes halogenated alkanes) is 14. The van der Waals surface area contributed by atoms with Gasteiger partial charge in [-0.15, -0.1) is 0 Å². The second-order valence-electron chi connectivity index (χ2n) is 11.4. The van der Waals surface area contributed by atoms with Gasteiger partial charge in [0.1, 0.15) is 49.3 Å². The van der Waals surface area contributed by atoms with Crippen LogP contribution in [0.2, 0.25) is 0 Å². The lowest BCUT2D eigenvalue weighted by molar-refractivity contribution is -0.217. The summed E-state index contributed by atoms with van der Waals surface area (Å²) in [6.45, 7) is -1.62. The second-order valence-corrected chi connectivity index (χ2v) is 15.3. The molecule has 0 saturated heterocycles. The van der Waals surface area contributed by atoms with Gasteiger partial charge < -0.3 is 39.9 Å². The second kappa shape index (κ2) is 22.7. The molecule has 1 aliphatic rings. The largest absolute Gasteiger partial charge is 0.462 e. The topological polar surface area (TPSA) is 200 Å². The molecule has 0 heterocycles. The third-order valence-corrected chi connectivity index (χ3v) is 10.5. The molecular formula is C29H55O12PS. The fraction of sp³-hybridized carbons (Fsp3) is 0.931. The molecule has 0 aromatic heterocycles. The Kier molecular flexibility index (Phi) is 21.3. The van der Waals surface area contributed by atoms with Gasteiger partial charge in [0.05, 0.1) is 0 Å². The van der Waals surface area contributed by atoms with E-state index in [1.54, 1.807) is 0 Å². The van der Waals surface area contributed by atoms with E-state index in [0.717, 1.165) is 26.2 Å². The van der Waals surface area contributed by atoms with Crippen molar-refractivity contribution in [3.8, 4) is 0 Å². The van der Waals surface area contributed by atoms with Gasteiger partial charge in [-0.1, -0.05) is 96.8 Å². The van der Waals surface area contributed by atoms with Crippen molar-refractivity contribution in [3.63, 3.8) is 0 Å². The SMILES string of the molecule is CCCCCCCCCCCCCCCCCC(=O)OCC(CSP(=O)(O)OC1[C@@H](O)[C@H](O)C(O)[C@H](O)[C@@H]1O)OC(C)=O. The molecule has 6 N–H and O–H groups in total. The summed E-state index contributed by atoms with van der Waals surface area (Å²) in [6, 6.07) is 0. The first-order valence-electron chi connectivity index (χ1n) is 15.8. The lowest BCUT2D eigenvalue weighted by atomic mass is 9.85. The van der Waals surface area contributed by atoms with Crippen LogP contribution in [0.4, 0.5) is 0 Å². The monoisotopic (exact) mass is 658 g/mol. The van der Waals surface area contributed by atoms with Crippen molar-refractivity contribution in [2.24, 2.45) is 0 Å². The van der Waals surface area contributed by atoms with E-state index in [0.29, 0.717) is 17.8 Å². The Balaban J connectivity index is 2.24. The maximum Gasteiger partial charge on any atom is 0.387 e. The quantitative estimate of drug-likeness (QED) is 0.0498. The Labute approximate surface area is 260 Å². The van der Waals surface area contributed by atoms with E-state index in [1.165, 1.54) is 70.6 Å². The zero-order valence-electron chi connectivity index (χ0n) is 25.8. The number of esters is 2. The average Bonchev–Trinajstić information content (AvgIpc) is 2.96. The van der Waals surface area contributed by atoms with Crippen molar-refractivity contribution >= 4 is 30.1 Å². The predicted molar refractivity (Wildman–Crippen MR) is 163 cm³/mol. The molecular weight excluding hydrogens is 603 g/mol. The molecule has 1 fully saturated rings. The number of rotatable bonds is 24. The van der Waals surface area contributed by atoms with E-state index < -0.39 is 61.5 Å². The molecule has 0 radical (unpaired) electrons. The summed E-state index contributed by atoms with van der Waals surface area (Å²) >= 11 is 0.293. The number of hydrogen-bond acceptors (Lipinski definition) is 12. The van der Waals surface area contributed by atoms with Crippen LogP contribution >= 0.6 is 18.2 Å². The van der Waals surface area contributed by atoms with Crippen LogP contribution in [-0.4, -0.2) is 97.5 Å². The Morgan fingerprint density at radius 1 is 0.721 bits per heavy atom. The summed E-state index contributed by atoms with van der Waals surface area (Å²) < 4.78 is 27.7. The highest BCUT2D eigenvalue weighted by Gasteiger charge is 2.51. The van der Waals surface area contributed by atoms with Crippen LogP contribution in [-0.2, 0) is 28.2 Å². The highest BCUT2D eigenvalue weighted by atomic mass is 32.7. The summed E-state index contributed by atoms with van der Waals surface area (Å²) in [5.41, 5.74) is 0. The molecule has 0 amide bonds.